The molecule has 0 spiro atoms. The molecule has 1 fully saturated rings. The largest absolute Gasteiger partial charge is 0.374 e. The van der Waals surface area contributed by atoms with Crippen LogP contribution in [0.4, 0.5) is 4.39 Å². The Morgan fingerprint density at radius 2 is 1.86 bits per heavy atom. The van der Waals surface area contributed by atoms with Gasteiger partial charge < -0.3 is 4.74 Å². The number of hydrogen-bond donors (Lipinski definition) is 0. The molecule has 112 valence electrons. The number of benzene rings is 1. The van der Waals surface area contributed by atoms with Crippen LogP contribution in [0.2, 0.25) is 0 Å². The van der Waals surface area contributed by atoms with E-state index in [-0.39, 0.29) is 12.0 Å². The zero-order valence-corrected chi connectivity index (χ0v) is 12.5. The highest BCUT2D eigenvalue weighted by atomic mass is 19.1. The van der Waals surface area contributed by atoms with Crippen molar-refractivity contribution in [3.05, 3.63) is 47.3 Å². The molecule has 0 bridgehead atoms. The molecule has 1 aromatic carbocycles. The van der Waals surface area contributed by atoms with Crippen LogP contribution in [0.15, 0.2) is 36.2 Å². The van der Waals surface area contributed by atoms with E-state index in [1.54, 1.807) is 6.07 Å². The van der Waals surface area contributed by atoms with Crippen LogP contribution in [-0.2, 0) is 17.8 Å². The third-order valence-corrected chi connectivity index (χ3v) is 4.12. The van der Waals surface area contributed by atoms with Gasteiger partial charge in [-0.3, -0.25) is 0 Å². The average molecular weight is 287 g/mol. The normalized spacial score (nSPS) is 22.8. The number of nitrogens with zero attached hydrogens (tertiary/aromatic N) is 1. The van der Waals surface area contributed by atoms with Gasteiger partial charge in [0.05, 0.1) is 12.7 Å². The lowest BCUT2D eigenvalue weighted by atomic mass is 9.87. The molecule has 0 heterocycles. The highest BCUT2D eigenvalue weighted by Crippen LogP contribution is 2.28. The van der Waals surface area contributed by atoms with Gasteiger partial charge in [0, 0.05) is 0 Å². The van der Waals surface area contributed by atoms with Gasteiger partial charge in [0.2, 0.25) is 0 Å². The van der Waals surface area contributed by atoms with E-state index in [0.717, 1.165) is 32.1 Å². The molecule has 0 unspecified atom stereocenters. The first-order valence-corrected chi connectivity index (χ1v) is 7.68. The summed E-state index contributed by atoms with van der Waals surface area (Å²) in [6, 6.07) is 10.1. The molecular formula is C18H22FNO. The molecule has 0 radical (unpaired) electrons. The summed E-state index contributed by atoms with van der Waals surface area (Å²) in [5.41, 5.74) is 2.54. The number of aryl methyl sites for hydroxylation is 1. The monoisotopic (exact) mass is 287 g/mol. The summed E-state index contributed by atoms with van der Waals surface area (Å²) in [5.74, 6) is -0.469. The molecule has 1 saturated carbocycles. The molecule has 0 amide bonds. The molecule has 0 aromatic heterocycles. The Morgan fingerprint density at radius 1 is 1.24 bits per heavy atom. The minimum atomic E-state index is -0.657. The number of nitriles is 1. The van der Waals surface area contributed by atoms with Gasteiger partial charge in [0.1, 0.15) is 6.07 Å². The van der Waals surface area contributed by atoms with Crippen LogP contribution >= 0.6 is 0 Å². The molecule has 21 heavy (non-hydrogen) atoms. The van der Waals surface area contributed by atoms with Gasteiger partial charge in [-0.25, -0.2) is 0 Å². The van der Waals surface area contributed by atoms with Gasteiger partial charge >= 0.3 is 0 Å². The summed E-state index contributed by atoms with van der Waals surface area (Å²) in [5, 5.41) is 8.45. The van der Waals surface area contributed by atoms with E-state index in [1.807, 2.05) is 0 Å². The highest BCUT2D eigenvalue weighted by Gasteiger charge is 2.20. The van der Waals surface area contributed by atoms with Crippen LogP contribution < -0.4 is 0 Å². The predicted octanol–water partition coefficient (Wildman–Crippen LogP) is 4.70. The fourth-order valence-electron chi connectivity index (χ4n) is 2.75. The minimum absolute atomic E-state index is 0.188. The third kappa shape index (κ3) is 4.99. The van der Waals surface area contributed by atoms with E-state index in [1.165, 1.54) is 17.2 Å². The Hall–Kier alpha value is -1.66. The molecule has 3 heteroatoms. The maximum absolute atomic E-state index is 12.9. The van der Waals surface area contributed by atoms with Crippen molar-refractivity contribution in [3.8, 4) is 6.07 Å². The molecule has 1 aromatic rings. The zero-order chi connectivity index (χ0) is 15.1. The van der Waals surface area contributed by atoms with E-state index in [9.17, 15) is 4.39 Å². The Labute approximate surface area is 126 Å². The summed E-state index contributed by atoms with van der Waals surface area (Å²) in [4.78, 5) is 0. The molecule has 2 rings (SSSR count). The van der Waals surface area contributed by atoms with E-state index < -0.39 is 5.83 Å². The molecule has 1 aliphatic carbocycles. The Morgan fingerprint density at radius 3 is 2.43 bits per heavy atom. The molecular weight excluding hydrogens is 265 g/mol. The van der Waals surface area contributed by atoms with Crippen molar-refractivity contribution in [1.29, 1.82) is 5.26 Å². The maximum atomic E-state index is 12.9. The Kier molecular flexibility index (Phi) is 5.95. The van der Waals surface area contributed by atoms with Crippen molar-refractivity contribution in [2.75, 3.05) is 0 Å². The number of allylic oxidation sites excluding steroid dienone is 2. The summed E-state index contributed by atoms with van der Waals surface area (Å²) < 4.78 is 18.9. The first-order chi connectivity index (χ1) is 10.2. The van der Waals surface area contributed by atoms with E-state index in [4.69, 9.17) is 10.00 Å². The van der Waals surface area contributed by atoms with Gasteiger partial charge in [0.25, 0.3) is 0 Å². The summed E-state index contributed by atoms with van der Waals surface area (Å²) >= 11 is 0. The Bertz CT molecular complexity index is 507. The maximum Gasteiger partial charge on any atom is 0.196 e. The number of hydrogen-bond acceptors (Lipinski definition) is 2. The highest BCUT2D eigenvalue weighted by molar-refractivity contribution is 5.21. The second-order valence-electron chi connectivity index (χ2n) is 5.64. The average Bonchev–Trinajstić information content (AvgIpc) is 2.54. The zero-order valence-electron chi connectivity index (χ0n) is 12.5. The van der Waals surface area contributed by atoms with Crippen LogP contribution in [0.25, 0.3) is 0 Å². The van der Waals surface area contributed by atoms with Crippen molar-refractivity contribution in [3.63, 3.8) is 0 Å². The van der Waals surface area contributed by atoms with Crippen molar-refractivity contribution < 1.29 is 9.13 Å². The quantitative estimate of drug-likeness (QED) is 0.735. The second-order valence-corrected chi connectivity index (χ2v) is 5.64. The summed E-state index contributed by atoms with van der Waals surface area (Å²) in [6.45, 7) is 2.79. The fraction of sp³-hybridized carbons (Fsp3) is 0.500. The van der Waals surface area contributed by atoms with Crippen molar-refractivity contribution in [1.82, 2.24) is 0 Å². The number of ether oxygens (including phenoxy) is 1. The molecule has 0 aliphatic heterocycles. The van der Waals surface area contributed by atoms with Crippen LogP contribution in [0, 0.1) is 17.2 Å². The van der Waals surface area contributed by atoms with Gasteiger partial charge in [-0.15, -0.1) is 0 Å². The minimum Gasteiger partial charge on any atom is -0.374 e. The molecule has 0 atom stereocenters. The van der Waals surface area contributed by atoms with Gasteiger partial charge in [0.15, 0.2) is 5.83 Å². The SMILES string of the molecule is CCc1ccc(COC2CCC(C=C(F)C#N)CC2)cc1. The van der Waals surface area contributed by atoms with Crippen molar-refractivity contribution in [2.24, 2.45) is 5.92 Å². The standard InChI is InChI=1S/C18H22FNO/c1-2-14-3-5-16(6-4-14)13-21-18-9-7-15(8-10-18)11-17(19)12-20/h3-6,11,15,18H,2,7-10,13H2,1H3. The van der Waals surface area contributed by atoms with Crippen LogP contribution in [0.5, 0.6) is 0 Å². The third-order valence-electron chi connectivity index (χ3n) is 4.12. The van der Waals surface area contributed by atoms with Crippen LogP contribution in [-0.4, -0.2) is 6.10 Å². The number of halogens is 1. The fourth-order valence-corrected chi connectivity index (χ4v) is 2.75. The predicted molar refractivity (Wildman–Crippen MR) is 81.2 cm³/mol. The van der Waals surface area contributed by atoms with Crippen LogP contribution in [0.3, 0.4) is 0 Å². The summed E-state index contributed by atoms with van der Waals surface area (Å²) in [7, 11) is 0. The second kappa shape index (κ2) is 7.95. The van der Waals surface area contributed by atoms with E-state index in [2.05, 4.69) is 31.2 Å². The molecule has 1 aliphatic rings. The lowest BCUT2D eigenvalue weighted by Crippen LogP contribution is -2.20. The van der Waals surface area contributed by atoms with Crippen molar-refractivity contribution >= 4 is 0 Å². The van der Waals surface area contributed by atoms with E-state index in [0.29, 0.717) is 6.61 Å². The first kappa shape index (κ1) is 15.7. The van der Waals surface area contributed by atoms with Gasteiger partial charge in [-0.05, 0) is 55.2 Å². The lowest BCUT2D eigenvalue weighted by molar-refractivity contribution is 0.0109. The first-order valence-electron chi connectivity index (χ1n) is 7.68. The summed E-state index contributed by atoms with van der Waals surface area (Å²) in [6.07, 6.45) is 6.44. The molecule has 0 saturated heterocycles. The lowest BCUT2D eigenvalue weighted by Gasteiger charge is -2.26. The molecule has 2 nitrogen and oxygen atoms in total. The van der Waals surface area contributed by atoms with Crippen molar-refractivity contribution in [2.45, 2.75) is 51.7 Å². The number of rotatable bonds is 5. The van der Waals surface area contributed by atoms with Gasteiger partial charge in [-0.1, -0.05) is 31.2 Å². The van der Waals surface area contributed by atoms with Gasteiger partial charge in [-0.2, -0.15) is 9.65 Å². The van der Waals surface area contributed by atoms with Crippen LogP contribution in [0.1, 0.15) is 43.7 Å². The van der Waals surface area contributed by atoms with E-state index >= 15 is 0 Å². The molecule has 0 N–H and O–H groups in total. The smallest absolute Gasteiger partial charge is 0.196 e. The Balaban J connectivity index is 1.75. The topological polar surface area (TPSA) is 33.0 Å².